The van der Waals surface area contributed by atoms with E-state index in [-0.39, 0.29) is 0 Å². The van der Waals surface area contributed by atoms with Gasteiger partial charge in [0.05, 0.1) is 6.54 Å². The van der Waals surface area contributed by atoms with Crippen molar-refractivity contribution in [3.8, 4) is 17.3 Å². The fraction of sp³-hybridized carbons (Fsp3) is 0.429. The predicted octanol–water partition coefficient (Wildman–Crippen LogP) is 4.52. The van der Waals surface area contributed by atoms with Crippen LogP contribution in [0.4, 0.5) is 5.82 Å². The number of H-pyrrole nitrogens is 1. The second-order valence-electron chi connectivity index (χ2n) is 6.53. The predicted molar refractivity (Wildman–Crippen MR) is 97.8 cm³/mol. The van der Waals surface area contributed by atoms with Crippen LogP contribution in [0, 0.1) is 11.3 Å². The van der Waals surface area contributed by atoms with Crippen LogP contribution in [0.15, 0.2) is 30.3 Å². The van der Waals surface area contributed by atoms with E-state index in [0.717, 1.165) is 37.2 Å². The van der Waals surface area contributed by atoms with Crippen molar-refractivity contribution in [3.05, 3.63) is 47.0 Å². The third-order valence-corrected chi connectivity index (χ3v) is 4.83. The molecule has 2 N–H and O–H groups in total. The maximum Gasteiger partial charge on any atom is 0.291 e. The number of unbranched alkanes of at least 4 members (excludes halogenated alkanes) is 2. The molecular formula is C21H26N3+. The number of aromatic nitrogens is 1. The first kappa shape index (κ1) is 16.5. The quantitative estimate of drug-likeness (QED) is 0.796. The lowest BCUT2D eigenvalue weighted by Crippen LogP contribution is -2.24. The highest BCUT2D eigenvalue weighted by Crippen LogP contribution is 2.32. The second kappa shape index (κ2) is 7.97. The van der Waals surface area contributed by atoms with Crippen LogP contribution in [-0.2, 0) is 12.8 Å². The van der Waals surface area contributed by atoms with E-state index in [9.17, 15) is 5.26 Å². The summed E-state index contributed by atoms with van der Waals surface area (Å²) in [5.41, 5.74) is 5.79. The number of hydrogen-bond donors (Lipinski definition) is 1. The fourth-order valence-electron chi connectivity index (χ4n) is 3.57. The molecule has 0 amide bonds. The number of benzene rings is 1. The molecule has 124 valence electrons. The highest BCUT2D eigenvalue weighted by atomic mass is 15.0. The molecule has 0 radical (unpaired) electrons. The lowest BCUT2D eigenvalue weighted by molar-refractivity contribution is -0.348. The largest absolute Gasteiger partial charge is 0.291 e. The number of nitriles is 1. The summed E-state index contributed by atoms with van der Waals surface area (Å²) in [5.74, 6) is 0.896. The highest BCUT2D eigenvalue weighted by Gasteiger charge is 2.26. The van der Waals surface area contributed by atoms with Gasteiger partial charge in [0.2, 0.25) is 0 Å². The van der Waals surface area contributed by atoms with Crippen LogP contribution in [0.1, 0.15) is 55.7 Å². The number of pyridine rings is 1. The Morgan fingerprint density at radius 1 is 1.08 bits per heavy atom. The van der Waals surface area contributed by atoms with Crippen molar-refractivity contribution >= 4 is 5.82 Å². The van der Waals surface area contributed by atoms with E-state index in [1.165, 1.54) is 48.1 Å². The van der Waals surface area contributed by atoms with Gasteiger partial charge in [0, 0.05) is 11.1 Å². The summed E-state index contributed by atoms with van der Waals surface area (Å²) in [6.45, 7) is 3.12. The molecule has 1 heterocycles. The van der Waals surface area contributed by atoms with Gasteiger partial charge in [-0.15, -0.1) is 0 Å². The van der Waals surface area contributed by atoms with E-state index in [1.54, 1.807) is 0 Å². The van der Waals surface area contributed by atoms with Gasteiger partial charge in [-0.1, -0.05) is 43.7 Å². The molecule has 0 bridgehead atoms. The smallest absolute Gasteiger partial charge is 0.273 e. The number of anilines is 1. The maximum atomic E-state index is 9.73. The van der Waals surface area contributed by atoms with Gasteiger partial charge in [-0.05, 0) is 44.1 Å². The van der Waals surface area contributed by atoms with Crippen LogP contribution in [0.5, 0.6) is 0 Å². The summed E-state index contributed by atoms with van der Waals surface area (Å²) < 4.78 is 0. The summed E-state index contributed by atoms with van der Waals surface area (Å²) >= 11 is 0. The van der Waals surface area contributed by atoms with Crippen LogP contribution in [0.25, 0.3) is 11.3 Å². The molecule has 0 saturated carbocycles. The number of fused-ring (bicyclic) bond motifs is 1. The maximum absolute atomic E-state index is 9.73. The highest BCUT2D eigenvalue weighted by molar-refractivity contribution is 5.67. The fourth-order valence-corrected chi connectivity index (χ4v) is 3.57. The lowest BCUT2D eigenvalue weighted by Gasteiger charge is -2.20. The molecule has 3 nitrogen and oxygen atoms in total. The molecule has 0 fully saturated rings. The molecule has 0 unspecified atom stereocenters. The first-order chi connectivity index (χ1) is 11.8. The Balaban J connectivity index is 2.03. The van der Waals surface area contributed by atoms with Crippen LogP contribution < -0.4 is 10.3 Å². The molecule has 3 rings (SSSR count). The van der Waals surface area contributed by atoms with E-state index in [4.69, 9.17) is 0 Å². The van der Waals surface area contributed by atoms with Crippen molar-refractivity contribution in [2.75, 3.05) is 11.9 Å². The minimum Gasteiger partial charge on any atom is -0.273 e. The number of nitrogens with zero attached hydrogens (tertiary/aromatic N) is 1. The standard InChI is InChI=1S/C21H25N3/c1-2-3-9-14-23-21-19(15-22)17-12-7-8-13-18(17)20(24-21)16-10-5-4-6-11-16/h4-6,10-11H,2-3,7-9,12-14H2,1H3,(H,23,24)/p+1. The molecule has 2 aromatic rings. The topological polar surface area (TPSA) is 50.0 Å². The van der Waals surface area contributed by atoms with Gasteiger partial charge < -0.3 is 0 Å². The minimum absolute atomic E-state index is 0.820. The molecule has 0 saturated heterocycles. The summed E-state index contributed by atoms with van der Waals surface area (Å²) in [6.07, 6.45) is 8.00. The van der Waals surface area contributed by atoms with Gasteiger partial charge >= 0.3 is 0 Å². The van der Waals surface area contributed by atoms with Crippen LogP contribution in [-0.4, -0.2) is 6.54 Å². The summed E-state index contributed by atoms with van der Waals surface area (Å²) in [4.78, 5) is 3.55. The molecule has 24 heavy (non-hydrogen) atoms. The van der Waals surface area contributed by atoms with Crippen LogP contribution >= 0.6 is 0 Å². The third-order valence-electron chi connectivity index (χ3n) is 4.83. The first-order valence-electron chi connectivity index (χ1n) is 9.15. The van der Waals surface area contributed by atoms with Crippen LogP contribution in [0.2, 0.25) is 0 Å². The Bertz CT molecular complexity index is 729. The van der Waals surface area contributed by atoms with E-state index in [0.29, 0.717) is 0 Å². The average Bonchev–Trinajstić information content (AvgIpc) is 2.65. The molecule has 0 aliphatic heterocycles. The third kappa shape index (κ3) is 3.43. The van der Waals surface area contributed by atoms with Gasteiger partial charge in [0.25, 0.3) is 5.82 Å². The first-order valence-corrected chi connectivity index (χ1v) is 9.15. The lowest BCUT2D eigenvalue weighted by atomic mass is 9.86. The monoisotopic (exact) mass is 320 g/mol. The van der Waals surface area contributed by atoms with Gasteiger partial charge in [0.1, 0.15) is 17.3 Å². The van der Waals surface area contributed by atoms with Crippen LogP contribution in [0.3, 0.4) is 0 Å². The normalized spacial score (nSPS) is 13.2. The second-order valence-corrected chi connectivity index (χ2v) is 6.53. The number of aromatic amines is 1. The summed E-state index contributed by atoms with van der Waals surface area (Å²) in [7, 11) is 0. The van der Waals surface area contributed by atoms with Crippen molar-refractivity contribution in [2.24, 2.45) is 0 Å². The molecule has 3 heteroatoms. The van der Waals surface area contributed by atoms with Gasteiger partial charge in [0.15, 0.2) is 0 Å². The number of nitrogens with one attached hydrogen (secondary N) is 2. The van der Waals surface area contributed by atoms with Gasteiger partial charge in [-0.25, -0.2) is 4.98 Å². The van der Waals surface area contributed by atoms with E-state index >= 15 is 0 Å². The molecule has 1 aliphatic rings. The average molecular weight is 320 g/mol. The van der Waals surface area contributed by atoms with E-state index in [2.05, 4.69) is 47.6 Å². The number of hydrogen-bond acceptors (Lipinski definition) is 2. The summed E-state index contributed by atoms with van der Waals surface area (Å²) in [5, 5.41) is 13.2. The van der Waals surface area contributed by atoms with Gasteiger partial charge in [-0.3, -0.25) is 5.32 Å². The Labute approximate surface area is 144 Å². The van der Waals surface area contributed by atoms with Crippen molar-refractivity contribution in [1.29, 1.82) is 5.26 Å². The van der Waals surface area contributed by atoms with Crippen molar-refractivity contribution in [1.82, 2.24) is 0 Å². The summed E-state index contributed by atoms with van der Waals surface area (Å²) in [6, 6.07) is 12.9. The zero-order chi connectivity index (χ0) is 16.8. The van der Waals surface area contributed by atoms with Crippen molar-refractivity contribution in [3.63, 3.8) is 0 Å². The Morgan fingerprint density at radius 2 is 1.83 bits per heavy atom. The molecule has 1 aromatic heterocycles. The van der Waals surface area contributed by atoms with E-state index < -0.39 is 0 Å². The number of rotatable bonds is 6. The Morgan fingerprint density at radius 3 is 2.54 bits per heavy atom. The zero-order valence-electron chi connectivity index (χ0n) is 14.5. The molecule has 0 spiro atoms. The van der Waals surface area contributed by atoms with Crippen molar-refractivity contribution < 1.29 is 4.98 Å². The molecule has 0 atom stereocenters. The Kier molecular flexibility index (Phi) is 5.48. The Hall–Kier alpha value is -2.34. The van der Waals surface area contributed by atoms with Crippen molar-refractivity contribution in [2.45, 2.75) is 51.9 Å². The molecule has 1 aromatic carbocycles. The van der Waals surface area contributed by atoms with Gasteiger partial charge in [-0.2, -0.15) is 5.26 Å². The SMILES string of the molecule is CCCCCNc1[nH+]c(-c2ccccc2)c2c(c1C#N)CCCC2. The zero-order valence-corrected chi connectivity index (χ0v) is 14.5. The minimum atomic E-state index is 0.820. The molecular weight excluding hydrogens is 294 g/mol. The molecule has 1 aliphatic carbocycles. The van der Waals surface area contributed by atoms with E-state index in [1.807, 2.05) is 6.07 Å².